The van der Waals surface area contributed by atoms with Crippen LogP contribution in [0.25, 0.3) is 0 Å². The van der Waals surface area contributed by atoms with Crippen LogP contribution in [0.1, 0.15) is 32.3 Å². The molecule has 7 heteroatoms. The quantitative estimate of drug-likeness (QED) is 0.777. The number of anilines is 2. The van der Waals surface area contributed by atoms with Gasteiger partial charge in [0.25, 0.3) is 5.91 Å². The number of nitrogens with zero attached hydrogens (tertiary/aromatic N) is 2. The van der Waals surface area contributed by atoms with Crippen LogP contribution in [0, 0.1) is 0 Å². The van der Waals surface area contributed by atoms with Crippen molar-refractivity contribution in [1.29, 1.82) is 0 Å². The number of amides is 1. The van der Waals surface area contributed by atoms with Gasteiger partial charge < -0.3 is 20.3 Å². The van der Waals surface area contributed by atoms with Gasteiger partial charge in [0.1, 0.15) is 18.4 Å². The second-order valence-corrected chi connectivity index (χ2v) is 6.90. The SMILES string of the molecule is CC(C)c1cc2c(cc1NC1CNC1)N1C(=NNC(=O)[C@@H]1C)CO2. The van der Waals surface area contributed by atoms with Crippen LogP contribution in [0.15, 0.2) is 17.2 Å². The summed E-state index contributed by atoms with van der Waals surface area (Å²) in [5, 5.41) is 11.0. The van der Waals surface area contributed by atoms with Gasteiger partial charge in [-0.25, -0.2) is 5.43 Å². The van der Waals surface area contributed by atoms with Crippen LogP contribution in [-0.2, 0) is 4.79 Å². The lowest BCUT2D eigenvalue weighted by Gasteiger charge is -2.39. The standard InChI is InChI=1S/C17H23N5O2/c1-9(2)12-4-15-14(5-13(12)19-11-6-18-7-11)22-10(3)17(23)21-20-16(22)8-24-15/h4-5,9-11,18-19H,6-8H2,1-3H3,(H,21,23)/t10-/m0/s1. The first-order chi connectivity index (χ1) is 11.5. The third kappa shape index (κ3) is 2.39. The molecule has 24 heavy (non-hydrogen) atoms. The fourth-order valence-corrected chi connectivity index (χ4v) is 3.30. The summed E-state index contributed by atoms with van der Waals surface area (Å²) >= 11 is 0. The van der Waals surface area contributed by atoms with Gasteiger partial charge >= 0.3 is 0 Å². The van der Waals surface area contributed by atoms with E-state index in [2.05, 4.69) is 47.1 Å². The van der Waals surface area contributed by atoms with Gasteiger partial charge in [0.05, 0.1) is 11.7 Å². The Morgan fingerprint density at radius 3 is 2.83 bits per heavy atom. The molecule has 1 aromatic carbocycles. The highest BCUT2D eigenvalue weighted by molar-refractivity contribution is 6.09. The van der Waals surface area contributed by atoms with Gasteiger partial charge in [0, 0.05) is 18.8 Å². The van der Waals surface area contributed by atoms with Gasteiger partial charge in [0.15, 0.2) is 5.84 Å². The van der Waals surface area contributed by atoms with Crippen LogP contribution < -0.4 is 25.7 Å². The van der Waals surface area contributed by atoms with Crippen molar-refractivity contribution in [2.24, 2.45) is 5.10 Å². The van der Waals surface area contributed by atoms with E-state index in [9.17, 15) is 4.79 Å². The number of hydrazone groups is 1. The minimum absolute atomic E-state index is 0.0998. The number of nitrogens with one attached hydrogen (secondary N) is 3. The molecule has 128 valence electrons. The zero-order valence-corrected chi connectivity index (χ0v) is 14.2. The lowest BCUT2D eigenvalue weighted by atomic mass is 9.97. The summed E-state index contributed by atoms with van der Waals surface area (Å²) in [6.45, 7) is 8.56. The van der Waals surface area contributed by atoms with Crippen molar-refractivity contribution in [3.8, 4) is 5.75 Å². The number of carbonyl (C=O) groups is 1. The molecule has 1 fully saturated rings. The molecule has 0 saturated carbocycles. The fourth-order valence-electron chi connectivity index (χ4n) is 3.30. The minimum Gasteiger partial charge on any atom is -0.483 e. The van der Waals surface area contributed by atoms with Crippen LogP contribution in [0.3, 0.4) is 0 Å². The maximum absolute atomic E-state index is 12.0. The van der Waals surface area contributed by atoms with Gasteiger partial charge in [-0.2, -0.15) is 5.10 Å². The van der Waals surface area contributed by atoms with Gasteiger partial charge in [0.2, 0.25) is 0 Å². The second kappa shape index (κ2) is 5.66. The Balaban J connectivity index is 1.78. The highest BCUT2D eigenvalue weighted by Gasteiger charge is 2.36. The molecule has 3 aliphatic rings. The third-order valence-corrected chi connectivity index (χ3v) is 4.85. The minimum atomic E-state index is -0.303. The Labute approximate surface area is 141 Å². The van der Waals surface area contributed by atoms with E-state index in [1.165, 1.54) is 5.56 Å². The summed E-state index contributed by atoms with van der Waals surface area (Å²) in [6.07, 6.45) is 0. The number of carbonyl (C=O) groups excluding carboxylic acids is 1. The summed E-state index contributed by atoms with van der Waals surface area (Å²) in [5.74, 6) is 1.84. The van der Waals surface area contributed by atoms with Gasteiger partial charge in [-0.1, -0.05) is 13.8 Å². The number of hydrogen-bond acceptors (Lipinski definition) is 6. The highest BCUT2D eigenvalue weighted by atomic mass is 16.5. The van der Waals surface area contributed by atoms with Crippen LogP contribution in [0.2, 0.25) is 0 Å². The average Bonchev–Trinajstić information content (AvgIpc) is 2.53. The van der Waals surface area contributed by atoms with Crippen molar-refractivity contribution in [2.75, 3.05) is 29.9 Å². The van der Waals surface area contributed by atoms with E-state index < -0.39 is 0 Å². The highest BCUT2D eigenvalue weighted by Crippen LogP contribution is 2.41. The summed E-state index contributed by atoms with van der Waals surface area (Å²) in [4.78, 5) is 14.0. The van der Waals surface area contributed by atoms with E-state index in [1.807, 2.05) is 11.8 Å². The molecule has 1 saturated heterocycles. The van der Waals surface area contributed by atoms with E-state index >= 15 is 0 Å². The molecular weight excluding hydrogens is 306 g/mol. The van der Waals surface area contributed by atoms with E-state index in [4.69, 9.17) is 4.74 Å². The lowest BCUT2D eigenvalue weighted by molar-refractivity contribution is -0.122. The fraction of sp³-hybridized carbons (Fsp3) is 0.529. The topological polar surface area (TPSA) is 78.0 Å². The Kier molecular flexibility index (Phi) is 3.60. The second-order valence-electron chi connectivity index (χ2n) is 6.90. The van der Waals surface area contributed by atoms with Crippen molar-refractivity contribution in [3.05, 3.63) is 17.7 Å². The van der Waals surface area contributed by atoms with Crippen molar-refractivity contribution in [2.45, 2.75) is 38.8 Å². The molecule has 3 heterocycles. The predicted molar refractivity (Wildman–Crippen MR) is 93.8 cm³/mol. The van der Waals surface area contributed by atoms with Gasteiger partial charge in [-0.15, -0.1) is 0 Å². The van der Waals surface area contributed by atoms with Crippen molar-refractivity contribution in [1.82, 2.24) is 10.7 Å². The number of ether oxygens (including phenoxy) is 1. The predicted octanol–water partition coefficient (Wildman–Crippen LogP) is 1.22. The smallest absolute Gasteiger partial charge is 0.262 e. The van der Waals surface area contributed by atoms with Crippen LogP contribution in [-0.4, -0.2) is 43.5 Å². The Bertz CT molecular complexity index is 711. The molecule has 4 rings (SSSR count). The zero-order chi connectivity index (χ0) is 16.8. The van der Waals surface area contributed by atoms with E-state index in [0.29, 0.717) is 18.6 Å². The van der Waals surface area contributed by atoms with Crippen LogP contribution in [0.4, 0.5) is 11.4 Å². The summed E-state index contributed by atoms with van der Waals surface area (Å²) in [6, 6.07) is 4.35. The molecule has 1 amide bonds. The number of benzene rings is 1. The van der Waals surface area contributed by atoms with E-state index in [0.717, 1.165) is 36.0 Å². The zero-order valence-electron chi connectivity index (χ0n) is 14.2. The number of fused-ring (bicyclic) bond motifs is 3. The first-order valence-corrected chi connectivity index (χ1v) is 8.48. The molecule has 1 aromatic rings. The average molecular weight is 329 g/mol. The summed E-state index contributed by atoms with van der Waals surface area (Å²) < 4.78 is 5.90. The van der Waals surface area contributed by atoms with Crippen LogP contribution in [0.5, 0.6) is 5.75 Å². The normalized spacial score (nSPS) is 22.8. The first kappa shape index (κ1) is 15.3. The first-order valence-electron chi connectivity index (χ1n) is 8.48. The van der Waals surface area contributed by atoms with Crippen molar-refractivity contribution in [3.63, 3.8) is 0 Å². The summed E-state index contributed by atoms with van der Waals surface area (Å²) in [7, 11) is 0. The molecule has 0 radical (unpaired) electrons. The number of rotatable bonds is 3. The Hall–Kier alpha value is -2.28. The maximum atomic E-state index is 12.0. The molecule has 7 nitrogen and oxygen atoms in total. The van der Waals surface area contributed by atoms with Crippen molar-refractivity contribution < 1.29 is 9.53 Å². The van der Waals surface area contributed by atoms with Gasteiger partial charge in [-0.3, -0.25) is 4.79 Å². The molecule has 0 spiro atoms. The monoisotopic (exact) mass is 329 g/mol. The van der Waals surface area contributed by atoms with Crippen molar-refractivity contribution >= 4 is 23.1 Å². The molecule has 3 N–H and O–H groups in total. The lowest BCUT2D eigenvalue weighted by Crippen LogP contribution is -2.55. The molecule has 0 unspecified atom stereocenters. The van der Waals surface area contributed by atoms with Gasteiger partial charge in [-0.05, 0) is 30.5 Å². The Morgan fingerprint density at radius 1 is 1.38 bits per heavy atom. The molecule has 1 atom stereocenters. The van der Waals surface area contributed by atoms with Crippen LogP contribution >= 0.6 is 0 Å². The van der Waals surface area contributed by atoms with E-state index in [1.54, 1.807) is 0 Å². The molecule has 3 aliphatic heterocycles. The molecular formula is C17H23N5O2. The maximum Gasteiger partial charge on any atom is 0.262 e. The summed E-state index contributed by atoms with van der Waals surface area (Å²) in [5.41, 5.74) is 5.81. The molecule has 0 aromatic heterocycles. The largest absolute Gasteiger partial charge is 0.483 e. The van der Waals surface area contributed by atoms with E-state index in [-0.39, 0.29) is 11.9 Å². The third-order valence-electron chi connectivity index (χ3n) is 4.85. The Morgan fingerprint density at radius 2 is 2.17 bits per heavy atom. The molecule has 0 aliphatic carbocycles. The molecule has 0 bridgehead atoms. The number of hydrogen-bond donors (Lipinski definition) is 3. The number of amidine groups is 1.